The molecule has 0 aliphatic heterocycles. The van der Waals surface area contributed by atoms with Gasteiger partial charge in [0.05, 0.1) is 0 Å². The van der Waals surface area contributed by atoms with Crippen molar-refractivity contribution in [2.75, 3.05) is 0 Å². The molecule has 3 heteroatoms. The molecule has 0 aliphatic rings. The van der Waals surface area contributed by atoms with Crippen molar-refractivity contribution in [1.82, 2.24) is 0 Å². The summed E-state index contributed by atoms with van der Waals surface area (Å²) in [5.74, 6) is -1.68. The van der Waals surface area contributed by atoms with Crippen LogP contribution in [0.1, 0.15) is 32.4 Å². The van der Waals surface area contributed by atoms with Gasteiger partial charge in [0, 0.05) is 11.6 Å². The maximum Gasteiger partial charge on any atom is 0.163 e. The number of hydrogen-bond acceptors (Lipinski definition) is 1. The maximum atomic E-state index is 13.3. The molecule has 1 nitrogen and oxygen atoms in total. The molecule has 1 rings (SSSR count). The topological polar surface area (TPSA) is 26.0 Å². The summed E-state index contributed by atoms with van der Waals surface area (Å²) < 4.78 is 26.2. The fourth-order valence-electron chi connectivity index (χ4n) is 1.23. The molecule has 0 saturated carbocycles. The number of halogens is 2. The van der Waals surface area contributed by atoms with Crippen molar-refractivity contribution < 1.29 is 8.78 Å². The van der Waals surface area contributed by atoms with Crippen molar-refractivity contribution in [3.8, 4) is 0 Å². The first kappa shape index (κ1) is 11.1. The molecule has 2 N–H and O–H groups in total. The molecule has 0 aliphatic carbocycles. The van der Waals surface area contributed by atoms with Crippen molar-refractivity contribution in [3.63, 3.8) is 0 Å². The Labute approximate surface area is 82.9 Å². The summed E-state index contributed by atoms with van der Waals surface area (Å²) in [6, 6.07) is 3.58. The first-order valence-electron chi connectivity index (χ1n) is 4.53. The molecule has 0 fully saturated rings. The molecule has 0 bridgehead atoms. The van der Waals surface area contributed by atoms with Crippen LogP contribution in [0.2, 0.25) is 0 Å². The van der Waals surface area contributed by atoms with Crippen molar-refractivity contribution >= 4 is 0 Å². The van der Waals surface area contributed by atoms with E-state index in [1.807, 2.05) is 20.8 Å². The maximum absolute atomic E-state index is 13.3. The standard InChI is InChI=1S/C11H15F2N/c1-11(2,3)10(14)7-5-4-6-8(12)9(7)13/h4-6,10H,14H2,1-3H3/t10-/m1/s1. The Bertz CT molecular complexity index is 329. The third kappa shape index (κ3) is 2.10. The highest BCUT2D eigenvalue weighted by Gasteiger charge is 2.25. The Balaban J connectivity index is 3.14. The number of nitrogens with two attached hydrogens (primary N) is 1. The molecule has 1 aromatic rings. The SMILES string of the molecule is CC(C)(C)[C@H](N)c1cccc(F)c1F. The molecule has 0 heterocycles. The first-order chi connectivity index (χ1) is 6.34. The van der Waals surface area contributed by atoms with E-state index < -0.39 is 17.7 Å². The second-order valence-electron chi connectivity index (χ2n) is 4.49. The molecule has 0 aromatic heterocycles. The van der Waals surface area contributed by atoms with Crippen LogP contribution < -0.4 is 5.73 Å². The van der Waals surface area contributed by atoms with E-state index in [2.05, 4.69) is 0 Å². The highest BCUT2D eigenvalue weighted by molar-refractivity contribution is 5.23. The summed E-state index contributed by atoms with van der Waals surface area (Å²) in [7, 11) is 0. The van der Waals surface area contributed by atoms with E-state index in [4.69, 9.17) is 5.73 Å². The van der Waals surface area contributed by atoms with E-state index in [0.29, 0.717) is 0 Å². The molecule has 14 heavy (non-hydrogen) atoms. The Hall–Kier alpha value is -0.960. The summed E-state index contributed by atoms with van der Waals surface area (Å²) >= 11 is 0. The first-order valence-corrected chi connectivity index (χ1v) is 4.53. The minimum absolute atomic E-state index is 0.234. The van der Waals surface area contributed by atoms with E-state index in [9.17, 15) is 8.78 Å². The van der Waals surface area contributed by atoms with Gasteiger partial charge in [0.25, 0.3) is 0 Å². The van der Waals surface area contributed by atoms with Gasteiger partial charge in [0.15, 0.2) is 11.6 Å². The van der Waals surface area contributed by atoms with E-state index in [1.54, 1.807) is 0 Å². The highest BCUT2D eigenvalue weighted by atomic mass is 19.2. The Morgan fingerprint density at radius 1 is 1.21 bits per heavy atom. The lowest BCUT2D eigenvalue weighted by molar-refractivity contribution is 0.316. The molecule has 0 radical (unpaired) electrons. The van der Waals surface area contributed by atoms with Crippen LogP contribution in [0.15, 0.2) is 18.2 Å². The van der Waals surface area contributed by atoms with Crippen molar-refractivity contribution in [1.29, 1.82) is 0 Å². The Morgan fingerprint density at radius 3 is 2.29 bits per heavy atom. The van der Waals surface area contributed by atoms with Gasteiger partial charge in [-0.1, -0.05) is 32.9 Å². The largest absolute Gasteiger partial charge is 0.323 e. The van der Waals surface area contributed by atoms with Gasteiger partial charge in [-0.2, -0.15) is 0 Å². The average molecular weight is 199 g/mol. The zero-order chi connectivity index (χ0) is 10.9. The summed E-state index contributed by atoms with van der Waals surface area (Å²) in [5, 5.41) is 0. The predicted octanol–water partition coefficient (Wildman–Crippen LogP) is 3.01. The fourth-order valence-corrected chi connectivity index (χ4v) is 1.23. The van der Waals surface area contributed by atoms with Crippen LogP contribution in [-0.4, -0.2) is 0 Å². The molecule has 78 valence electrons. The van der Waals surface area contributed by atoms with Gasteiger partial charge in [-0.05, 0) is 11.5 Å². The summed E-state index contributed by atoms with van der Waals surface area (Å²) in [6.07, 6.45) is 0. The van der Waals surface area contributed by atoms with E-state index >= 15 is 0 Å². The van der Waals surface area contributed by atoms with Gasteiger partial charge in [-0.15, -0.1) is 0 Å². The minimum atomic E-state index is -0.845. The normalized spacial score (nSPS) is 14.1. The third-order valence-electron chi connectivity index (χ3n) is 2.25. The highest BCUT2D eigenvalue weighted by Crippen LogP contribution is 2.32. The zero-order valence-electron chi connectivity index (χ0n) is 8.64. The Kier molecular flexibility index (Phi) is 2.90. The molecular formula is C11H15F2N. The van der Waals surface area contributed by atoms with E-state index in [1.165, 1.54) is 12.1 Å². The fraction of sp³-hybridized carbons (Fsp3) is 0.455. The summed E-state index contributed by atoms with van der Waals surface area (Å²) in [5.41, 5.74) is 5.79. The van der Waals surface area contributed by atoms with Gasteiger partial charge >= 0.3 is 0 Å². The Morgan fingerprint density at radius 2 is 1.79 bits per heavy atom. The lowest BCUT2D eigenvalue weighted by Gasteiger charge is -2.27. The predicted molar refractivity (Wildman–Crippen MR) is 52.7 cm³/mol. The number of hydrogen-bond donors (Lipinski definition) is 1. The summed E-state index contributed by atoms with van der Waals surface area (Å²) in [6.45, 7) is 5.67. The lowest BCUT2D eigenvalue weighted by Crippen LogP contribution is -2.27. The lowest BCUT2D eigenvalue weighted by atomic mass is 9.83. The molecule has 1 atom stereocenters. The van der Waals surface area contributed by atoms with Crippen molar-refractivity contribution in [3.05, 3.63) is 35.4 Å². The van der Waals surface area contributed by atoms with Gasteiger partial charge in [-0.3, -0.25) is 0 Å². The van der Waals surface area contributed by atoms with Gasteiger partial charge in [0.2, 0.25) is 0 Å². The van der Waals surface area contributed by atoms with Gasteiger partial charge in [-0.25, -0.2) is 8.78 Å². The van der Waals surface area contributed by atoms with Crippen LogP contribution in [0.5, 0.6) is 0 Å². The minimum Gasteiger partial charge on any atom is -0.323 e. The quantitative estimate of drug-likeness (QED) is 0.739. The molecular weight excluding hydrogens is 184 g/mol. The second-order valence-corrected chi connectivity index (χ2v) is 4.49. The van der Waals surface area contributed by atoms with Gasteiger partial charge in [0.1, 0.15) is 0 Å². The second kappa shape index (κ2) is 3.65. The van der Waals surface area contributed by atoms with Gasteiger partial charge < -0.3 is 5.73 Å². The van der Waals surface area contributed by atoms with Crippen LogP contribution in [0, 0.1) is 17.0 Å². The van der Waals surface area contributed by atoms with Crippen LogP contribution >= 0.6 is 0 Å². The average Bonchev–Trinajstić information content (AvgIpc) is 2.07. The smallest absolute Gasteiger partial charge is 0.163 e. The van der Waals surface area contributed by atoms with E-state index in [-0.39, 0.29) is 11.0 Å². The third-order valence-corrected chi connectivity index (χ3v) is 2.25. The van der Waals surface area contributed by atoms with Crippen LogP contribution in [-0.2, 0) is 0 Å². The van der Waals surface area contributed by atoms with Crippen LogP contribution in [0.3, 0.4) is 0 Å². The monoisotopic (exact) mass is 199 g/mol. The summed E-state index contributed by atoms with van der Waals surface area (Å²) in [4.78, 5) is 0. The van der Waals surface area contributed by atoms with Crippen LogP contribution in [0.25, 0.3) is 0 Å². The molecule has 0 saturated heterocycles. The van der Waals surface area contributed by atoms with Crippen molar-refractivity contribution in [2.45, 2.75) is 26.8 Å². The molecule has 0 spiro atoms. The number of rotatable bonds is 1. The number of benzene rings is 1. The van der Waals surface area contributed by atoms with Crippen LogP contribution in [0.4, 0.5) is 8.78 Å². The molecule has 0 unspecified atom stereocenters. The van der Waals surface area contributed by atoms with E-state index in [0.717, 1.165) is 6.07 Å². The molecule has 1 aromatic carbocycles. The molecule has 0 amide bonds. The van der Waals surface area contributed by atoms with Crippen molar-refractivity contribution in [2.24, 2.45) is 11.1 Å². The zero-order valence-corrected chi connectivity index (χ0v) is 8.64.